The molecule has 2 aromatic rings. The summed E-state index contributed by atoms with van der Waals surface area (Å²) in [6, 6.07) is 9.57. The van der Waals surface area contributed by atoms with Gasteiger partial charge in [0.25, 0.3) is 5.69 Å². The molecule has 0 heterocycles. The minimum Gasteiger partial charge on any atom is -0.504 e. The van der Waals surface area contributed by atoms with E-state index < -0.39 is 4.92 Å². The molecule has 0 atom stereocenters. The molecule has 2 rings (SSSR count). The zero-order valence-electron chi connectivity index (χ0n) is 12.0. The van der Waals surface area contributed by atoms with Crippen molar-refractivity contribution in [3.8, 4) is 11.5 Å². The highest BCUT2D eigenvalue weighted by Gasteiger charge is 2.13. The smallest absolute Gasteiger partial charge is 0.269 e. The van der Waals surface area contributed by atoms with Gasteiger partial charge >= 0.3 is 0 Å². The van der Waals surface area contributed by atoms with Crippen LogP contribution in [0.5, 0.6) is 11.5 Å². The van der Waals surface area contributed by atoms with Crippen LogP contribution >= 0.6 is 0 Å². The lowest BCUT2D eigenvalue weighted by Crippen LogP contribution is -2.06. The fourth-order valence-corrected chi connectivity index (χ4v) is 2.43. The molecule has 116 valence electrons. The van der Waals surface area contributed by atoms with Crippen molar-refractivity contribution in [2.45, 2.75) is 19.3 Å². The molecule has 6 nitrogen and oxygen atoms in total. The maximum Gasteiger partial charge on any atom is 0.269 e. The summed E-state index contributed by atoms with van der Waals surface area (Å²) >= 11 is 0. The predicted molar refractivity (Wildman–Crippen MR) is 83.0 cm³/mol. The average Bonchev–Trinajstić information content (AvgIpc) is 2.51. The number of phenols is 2. The summed E-state index contributed by atoms with van der Waals surface area (Å²) < 4.78 is 0. The summed E-state index contributed by atoms with van der Waals surface area (Å²) in [5.41, 5.74) is 7.92. The molecule has 0 saturated heterocycles. The molecular weight excluding hydrogens is 284 g/mol. The van der Waals surface area contributed by atoms with Gasteiger partial charge in [0.1, 0.15) is 0 Å². The SMILES string of the molecule is NCCc1ccc(O)c(O)c1CCc1cccc([N+](=O)[O-])c1. The van der Waals surface area contributed by atoms with Crippen LogP contribution in [-0.4, -0.2) is 21.7 Å². The van der Waals surface area contributed by atoms with Crippen LogP contribution in [0.3, 0.4) is 0 Å². The van der Waals surface area contributed by atoms with E-state index in [0.29, 0.717) is 31.4 Å². The summed E-state index contributed by atoms with van der Waals surface area (Å²) in [5.74, 6) is -0.314. The molecule has 0 aromatic heterocycles. The molecule has 0 bridgehead atoms. The van der Waals surface area contributed by atoms with E-state index in [-0.39, 0.29) is 17.2 Å². The minimum atomic E-state index is -0.435. The van der Waals surface area contributed by atoms with Crippen LogP contribution in [0.25, 0.3) is 0 Å². The Labute approximate surface area is 128 Å². The third-order valence-corrected chi connectivity index (χ3v) is 3.56. The monoisotopic (exact) mass is 302 g/mol. The lowest BCUT2D eigenvalue weighted by atomic mass is 9.96. The third kappa shape index (κ3) is 3.53. The first-order valence-electron chi connectivity index (χ1n) is 6.99. The topological polar surface area (TPSA) is 110 Å². The van der Waals surface area contributed by atoms with Gasteiger partial charge in [0.15, 0.2) is 11.5 Å². The summed E-state index contributed by atoms with van der Waals surface area (Å²) in [7, 11) is 0. The summed E-state index contributed by atoms with van der Waals surface area (Å²) in [6.45, 7) is 0.439. The number of nitro benzene ring substituents is 1. The Hall–Kier alpha value is -2.60. The quantitative estimate of drug-likeness (QED) is 0.431. The third-order valence-electron chi connectivity index (χ3n) is 3.56. The van der Waals surface area contributed by atoms with Crippen molar-refractivity contribution < 1.29 is 15.1 Å². The van der Waals surface area contributed by atoms with Gasteiger partial charge in [-0.3, -0.25) is 10.1 Å². The molecule has 6 heteroatoms. The molecule has 0 aliphatic rings. The predicted octanol–water partition coefficient (Wildman–Crippen LogP) is 2.29. The van der Waals surface area contributed by atoms with Crippen molar-refractivity contribution in [2.24, 2.45) is 5.73 Å². The van der Waals surface area contributed by atoms with Crippen LogP contribution in [-0.2, 0) is 19.3 Å². The zero-order chi connectivity index (χ0) is 16.1. The maximum atomic E-state index is 10.8. The van der Waals surface area contributed by atoms with Gasteiger partial charge in [-0.1, -0.05) is 18.2 Å². The van der Waals surface area contributed by atoms with Gasteiger partial charge < -0.3 is 15.9 Å². The van der Waals surface area contributed by atoms with Gasteiger partial charge in [-0.25, -0.2) is 0 Å². The highest BCUT2D eigenvalue weighted by Crippen LogP contribution is 2.32. The van der Waals surface area contributed by atoms with E-state index in [4.69, 9.17) is 5.73 Å². The van der Waals surface area contributed by atoms with Crippen molar-refractivity contribution in [1.82, 2.24) is 0 Å². The Kier molecular flexibility index (Phi) is 4.95. The number of benzene rings is 2. The van der Waals surface area contributed by atoms with Gasteiger partial charge in [-0.15, -0.1) is 0 Å². The Bertz CT molecular complexity index is 686. The Morgan fingerprint density at radius 3 is 2.55 bits per heavy atom. The van der Waals surface area contributed by atoms with E-state index >= 15 is 0 Å². The molecule has 4 N–H and O–H groups in total. The second-order valence-corrected chi connectivity index (χ2v) is 5.04. The number of nitrogens with zero attached hydrogens (tertiary/aromatic N) is 1. The van der Waals surface area contributed by atoms with Crippen molar-refractivity contribution in [1.29, 1.82) is 0 Å². The number of nitro groups is 1. The number of aryl methyl sites for hydroxylation is 1. The Morgan fingerprint density at radius 2 is 1.86 bits per heavy atom. The molecule has 0 saturated carbocycles. The van der Waals surface area contributed by atoms with E-state index in [2.05, 4.69) is 0 Å². The number of hydrogen-bond donors (Lipinski definition) is 3. The molecule has 2 aromatic carbocycles. The van der Waals surface area contributed by atoms with E-state index in [1.807, 2.05) is 0 Å². The minimum absolute atomic E-state index is 0.0415. The van der Waals surface area contributed by atoms with Crippen LogP contribution in [0.4, 0.5) is 5.69 Å². The van der Waals surface area contributed by atoms with E-state index in [9.17, 15) is 20.3 Å². The number of hydrogen-bond acceptors (Lipinski definition) is 5. The maximum absolute atomic E-state index is 10.8. The normalized spacial score (nSPS) is 10.6. The number of aromatic hydroxyl groups is 2. The number of rotatable bonds is 6. The Morgan fingerprint density at radius 1 is 1.09 bits per heavy atom. The first-order valence-corrected chi connectivity index (χ1v) is 6.99. The van der Waals surface area contributed by atoms with Gasteiger partial charge in [-0.05, 0) is 43.0 Å². The summed E-state index contributed by atoms with van der Waals surface area (Å²) in [5, 5.41) is 30.4. The van der Waals surface area contributed by atoms with Crippen LogP contribution in [0.1, 0.15) is 16.7 Å². The first kappa shape index (κ1) is 15.8. The number of nitrogens with two attached hydrogens (primary N) is 1. The molecule has 0 unspecified atom stereocenters. The zero-order valence-corrected chi connectivity index (χ0v) is 12.0. The standard InChI is InChI=1S/C16H18N2O4/c17-9-8-12-5-7-15(19)16(20)14(12)6-4-11-2-1-3-13(10-11)18(21)22/h1-3,5,7,10,19-20H,4,6,8-9,17H2. The van der Waals surface area contributed by atoms with Gasteiger partial charge in [0.05, 0.1) is 4.92 Å². The van der Waals surface area contributed by atoms with Crippen molar-refractivity contribution in [3.05, 3.63) is 63.2 Å². The van der Waals surface area contributed by atoms with Gasteiger partial charge in [0, 0.05) is 17.7 Å². The van der Waals surface area contributed by atoms with Crippen molar-refractivity contribution in [3.63, 3.8) is 0 Å². The highest BCUT2D eigenvalue weighted by atomic mass is 16.6. The highest BCUT2D eigenvalue weighted by molar-refractivity contribution is 5.49. The van der Waals surface area contributed by atoms with Crippen LogP contribution in [0.2, 0.25) is 0 Å². The van der Waals surface area contributed by atoms with E-state index in [0.717, 1.165) is 11.1 Å². The molecule has 0 radical (unpaired) electrons. The van der Waals surface area contributed by atoms with Gasteiger partial charge in [-0.2, -0.15) is 0 Å². The fraction of sp³-hybridized carbons (Fsp3) is 0.250. The van der Waals surface area contributed by atoms with E-state index in [1.165, 1.54) is 18.2 Å². The van der Waals surface area contributed by atoms with E-state index in [1.54, 1.807) is 18.2 Å². The number of non-ortho nitro benzene ring substituents is 1. The largest absolute Gasteiger partial charge is 0.504 e. The lowest BCUT2D eigenvalue weighted by molar-refractivity contribution is -0.384. The average molecular weight is 302 g/mol. The molecule has 22 heavy (non-hydrogen) atoms. The first-order chi connectivity index (χ1) is 10.5. The Balaban J connectivity index is 2.22. The molecule has 0 spiro atoms. The van der Waals surface area contributed by atoms with Gasteiger partial charge in [0.2, 0.25) is 0 Å². The second-order valence-electron chi connectivity index (χ2n) is 5.04. The van der Waals surface area contributed by atoms with Crippen LogP contribution in [0.15, 0.2) is 36.4 Å². The summed E-state index contributed by atoms with van der Waals surface area (Å²) in [4.78, 5) is 10.3. The van der Waals surface area contributed by atoms with Crippen molar-refractivity contribution >= 4 is 5.69 Å². The fourth-order valence-electron chi connectivity index (χ4n) is 2.43. The van der Waals surface area contributed by atoms with Crippen LogP contribution < -0.4 is 5.73 Å². The summed E-state index contributed by atoms with van der Waals surface area (Å²) in [6.07, 6.45) is 1.59. The molecule has 0 aliphatic heterocycles. The van der Waals surface area contributed by atoms with Crippen molar-refractivity contribution in [2.75, 3.05) is 6.54 Å². The molecule has 0 amide bonds. The van der Waals surface area contributed by atoms with Crippen LogP contribution in [0, 0.1) is 10.1 Å². The number of phenolic OH excluding ortho intramolecular Hbond substituents is 2. The lowest BCUT2D eigenvalue weighted by Gasteiger charge is -2.12. The molecule has 0 aliphatic carbocycles. The molecular formula is C16H18N2O4. The molecule has 0 fully saturated rings. The second kappa shape index (κ2) is 6.91.